The van der Waals surface area contributed by atoms with E-state index in [4.69, 9.17) is 14.8 Å². The summed E-state index contributed by atoms with van der Waals surface area (Å²) in [5, 5.41) is 4.30. The Hall–Kier alpha value is -1.62. The molecule has 0 aliphatic rings. The number of nitrogens with two attached hydrogens (primary N) is 1. The van der Waals surface area contributed by atoms with Gasteiger partial charge in [-0.15, -0.1) is 0 Å². The van der Waals surface area contributed by atoms with Gasteiger partial charge in [0, 0.05) is 5.56 Å². The van der Waals surface area contributed by atoms with Crippen LogP contribution in [0.5, 0.6) is 0 Å². The van der Waals surface area contributed by atoms with Gasteiger partial charge < -0.3 is 14.8 Å². The van der Waals surface area contributed by atoms with E-state index in [0.717, 1.165) is 5.69 Å². The van der Waals surface area contributed by atoms with Gasteiger partial charge in [0.1, 0.15) is 5.82 Å². The number of benzene rings is 1. The fraction of sp³-hybridized carbons (Fsp3) is 0.400. The van der Waals surface area contributed by atoms with Crippen molar-refractivity contribution in [2.24, 2.45) is 0 Å². The van der Waals surface area contributed by atoms with Crippen molar-refractivity contribution in [1.29, 1.82) is 0 Å². The van der Waals surface area contributed by atoms with Crippen molar-refractivity contribution in [2.75, 3.05) is 18.9 Å². The van der Waals surface area contributed by atoms with E-state index in [1.165, 1.54) is 0 Å². The van der Waals surface area contributed by atoms with Crippen LogP contribution in [-0.4, -0.2) is 23.0 Å². The van der Waals surface area contributed by atoms with Crippen molar-refractivity contribution in [3.8, 4) is 5.69 Å². The van der Waals surface area contributed by atoms with Gasteiger partial charge in [0.2, 0.25) is 0 Å². The van der Waals surface area contributed by atoms with Crippen LogP contribution in [0.2, 0.25) is 0 Å². The van der Waals surface area contributed by atoms with Crippen LogP contribution in [0.4, 0.5) is 5.82 Å². The molecule has 6 nitrogen and oxygen atoms in total. The Morgan fingerprint density at radius 2 is 1.82 bits per heavy atom. The maximum absolute atomic E-state index is 12.9. The zero-order valence-electron chi connectivity index (χ0n) is 13.1. The van der Waals surface area contributed by atoms with Crippen molar-refractivity contribution < 1.29 is 13.6 Å². The first-order chi connectivity index (χ1) is 10.5. The topological polar surface area (TPSA) is 79.4 Å². The van der Waals surface area contributed by atoms with Gasteiger partial charge in [-0.05, 0) is 32.9 Å². The van der Waals surface area contributed by atoms with Crippen molar-refractivity contribution in [1.82, 2.24) is 9.78 Å². The number of aromatic nitrogens is 2. The molecule has 1 heterocycles. The van der Waals surface area contributed by atoms with Crippen LogP contribution in [-0.2, 0) is 13.6 Å². The van der Waals surface area contributed by atoms with E-state index in [9.17, 15) is 4.57 Å². The molecule has 0 saturated heterocycles. The molecule has 7 heteroatoms. The highest BCUT2D eigenvalue weighted by Gasteiger charge is 2.35. The molecule has 0 radical (unpaired) electrons. The van der Waals surface area contributed by atoms with Gasteiger partial charge in [-0.1, -0.05) is 18.2 Å². The summed E-state index contributed by atoms with van der Waals surface area (Å²) in [6.45, 7) is 5.99. The van der Waals surface area contributed by atoms with Crippen molar-refractivity contribution in [3.63, 3.8) is 0 Å². The number of anilines is 1. The summed E-state index contributed by atoms with van der Waals surface area (Å²) in [5.41, 5.74) is 7.22. The Labute approximate surface area is 130 Å². The SMILES string of the molecule is CCOP(=O)(OCC)C(C)c1cnn(-c2ccccc2)c1N. The molecule has 0 aliphatic heterocycles. The summed E-state index contributed by atoms with van der Waals surface area (Å²) in [5.74, 6) is 0.443. The second-order valence-electron chi connectivity index (χ2n) is 4.78. The first kappa shape index (κ1) is 16.7. The molecule has 1 unspecified atom stereocenters. The van der Waals surface area contributed by atoms with Gasteiger partial charge in [-0.25, -0.2) is 4.68 Å². The van der Waals surface area contributed by atoms with Gasteiger partial charge in [0.15, 0.2) is 0 Å². The van der Waals surface area contributed by atoms with E-state index in [1.54, 1.807) is 31.6 Å². The van der Waals surface area contributed by atoms with Crippen LogP contribution in [0.1, 0.15) is 32.0 Å². The minimum Gasteiger partial charge on any atom is -0.383 e. The normalized spacial score (nSPS) is 13.2. The third kappa shape index (κ3) is 3.24. The number of rotatable bonds is 7. The van der Waals surface area contributed by atoms with Crippen LogP contribution < -0.4 is 5.73 Å². The zero-order chi connectivity index (χ0) is 16.2. The molecular weight excluding hydrogens is 301 g/mol. The summed E-state index contributed by atoms with van der Waals surface area (Å²) >= 11 is 0. The van der Waals surface area contributed by atoms with E-state index >= 15 is 0 Å². The highest BCUT2D eigenvalue weighted by atomic mass is 31.2. The number of para-hydroxylation sites is 1. The van der Waals surface area contributed by atoms with E-state index in [2.05, 4.69) is 5.10 Å². The summed E-state index contributed by atoms with van der Waals surface area (Å²) < 4.78 is 25.3. The minimum atomic E-state index is -3.27. The predicted molar refractivity (Wildman–Crippen MR) is 87.2 cm³/mol. The molecule has 1 atom stereocenters. The molecule has 22 heavy (non-hydrogen) atoms. The highest BCUT2D eigenvalue weighted by molar-refractivity contribution is 7.54. The van der Waals surface area contributed by atoms with Crippen molar-refractivity contribution in [2.45, 2.75) is 26.4 Å². The lowest BCUT2D eigenvalue weighted by Gasteiger charge is -2.23. The van der Waals surface area contributed by atoms with Gasteiger partial charge >= 0.3 is 7.60 Å². The lowest BCUT2D eigenvalue weighted by molar-refractivity contribution is 0.213. The standard InChI is InChI=1S/C15H22N3O3P/c1-4-20-22(19,21-5-2)12(3)14-11-17-18(15(14)16)13-9-7-6-8-10-13/h6-12H,4-5,16H2,1-3H3. The van der Waals surface area contributed by atoms with E-state index in [0.29, 0.717) is 24.6 Å². The first-order valence-corrected chi connectivity index (χ1v) is 8.92. The summed E-state index contributed by atoms with van der Waals surface area (Å²) in [7, 11) is -3.27. The zero-order valence-corrected chi connectivity index (χ0v) is 14.0. The Bertz CT molecular complexity index is 647. The van der Waals surface area contributed by atoms with Crippen LogP contribution in [0.15, 0.2) is 36.5 Å². The molecule has 2 aromatic rings. The molecule has 0 saturated carbocycles. The molecule has 0 bridgehead atoms. The van der Waals surface area contributed by atoms with Gasteiger partial charge in [0.25, 0.3) is 0 Å². The smallest absolute Gasteiger partial charge is 0.337 e. The Balaban J connectivity index is 2.37. The summed E-state index contributed by atoms with van der Waals surface area (Å²) in [4.78, 5) is 0. The lowest BCUT2D eigenvalue weighted by atomic mass is 10.2. The maximum Gasteiger partial charge on any atom is 0.337 e. The molecule has 0 aliphatic carbocycles. The Kier molecular flexibility index (Phi) is 5.40. The lowest BCUT2D eigenvalue weighted by Crippen LogP contribution is -2.07. The first-order valence-electron chi connectivity index (χ1n) is 7.31. The molecule has 0 spiro atoms. The van der Waals surface area contributed by atoms with E-state index in [-0.39, 0.29) is 0 Å². The van der Waals surface area contributed by atoms with Gasteiger partial charge in [-0.3, -0.25) is 4.57 Å². The predicted octanol–water partition coefficient (Wildman–Crippen LogP) is 3.78. The third-order valence-corrected chi connectivity index (χ3v) is 5.84. The van der Waals surface area contributed by atoms with Crippen LogP contribution >= 0.6 is 7.60 Å². The molecule has 2 N–H and O–H groups in total. The highest BCUT2D eigenvalue weighted by Crippen LogP contribution is 2.61. The average molecular weight is 323 g/mol. The third-order valence-electron chi connectivity index (χ3n) is 3.38. The maximum atomic E-state index is 12.9. The van der Waals surface area contributed by atoms with E-state index in [1.807, 2.05) is 30.3 Å². The number of nitrogen functional groups attached to an aromatic ring is 1. The number of hydrogen-bond donors (Lipinski definition) is 1. The quantitative estimate of drug-likeness (QED) is 0.784. The average Bonchev–Trinajstić information content (AvgIpc) is 2.89. The molecule has 120 valence electrons. The molecule has 1 aromatic heterocycles. The van der Waals surface area contributed by atoms with Crippen LogP contribution in [0.3, 0.4) is 0 Å². The van der Waals surface area contributed by atoms with Crippen LogP contribution in [0, 0.1) is 0 Å². The van der Waals surface area contributed by atoms with Gasteiger partial charge in [-0.2, -0.15) is 5.10 Å². The summed E-state index contributed by atoms with van der Waals surface area (Å²) in [6.07, 6.45) is 1.62. The second-order valence-corrected chi connectivity index (χ2v) is 7.15. The number of nitrogens with zero attached hydrogens (tertiary/aromatic N) is 2. The van der Waals surface area contributed by atoms with Gasteiger partial charge in [0.05, 0.1) is 30.8 Å². The molecule has 0 fully saturated rings. The van der Waals surface area contributed by atoms with Crippen molar-refractivity contribution >= 4 is 13.4 Å². The molecule has 2 rings (SSSR count). The Morgan fingerprint density at radius 3 is 2.36 bits per heavy atom. The molecular formula is C15H22N3O3P. The molecule has 0 amide bonds. The van der Waals surface area contributed by atoms with Crippen LogP contribution in [0.25, 0.3) is 5.69 Å². The largest absolute Gasteiger partial charge is 0.383 e. The van der Waals surface area contributed by atoms with Crippen molar-refractivity contribution in [3.05, 3.63) is 42.1 Å². The fourth-order valence-corrected chi connectivity index (χ4v) is 4.04. The molecule has 1 aromatic carbocycles. The fourth-order valence-electron chi connectivity index (χ4n) is 2.26. The number of hydrogen-bond acceptors (Lipinski definition) is 5. The van der Waals surface area contributed by atoms with E-state index < -0.39 is 13.3 Å². The minimum absolute atomic E-state index is 0.314. The summed E-state index contributed by atoms with van der Waals surface area (Å²) in [6, 6.07) is 9.55. The Morgan fingerprint density at radius 1 is 1.23 bits per heavy atom. The second kappa shape index (κ2) is 7.09. The monoisotopic (exact) mass is 323 g/mol.